The van der Waals surface area contributed by atoms with Crippen LogP contribution in [0.1, 0.15) is 82.6 Å². The van der Waals surface area contributed by atoms with Crippen molar-refractivity contribution in [3.63, 3.8) is 0 Å². The highest BCUT2D eigenvalue weighted by Crippen LogP contribution is 2.34. The van der Waals surface area contributed by atoms with Gasteiger partial charge >= 0.3 is 0 Å². The molecule has 0 spiro atoms. The number of amides is 2. The predicted molar refractivity (Wildman–Crippen MR) is 125 cm³/mol. The van der Waals surface area contributed by atoms with Gasteiger partial charge in [0.1, 0.15) is 6.04 Å². The summed E-state index contributed by atoms with van der Waals surface area (Å²) in [6.07, 6.45) is 7.92. The molecule has 2 heterocycles. The van der Waals surface area contributed by atoms with E-state index in [4.69, 9.17) is 0 Å². The molecule has 3 atom stereocenters. The van der Waals surface area contributed by atoms with E-state index in [1.165, 1.54) is 6.42 Å². The Morgan fingerprint density at radius 3 is 2.58 bits per heavy atom. The van der Waals surface area contributed by atoms with Crippen LogP contribution in [0.5, 0.6) is 0 Å². The van der Waals surface area contributed by atoms with Crippen molar-refractivity contribution in [1.29, 1.82) is 0 Å². The van der Waals surface area contributed by atoms with E-state index in [-0.39, 0.29) is 29.7 Å². The van der Waals surface area contributed by atoms with Crippen molar-refractivity contribution in [2.24, 2.45) is 11.8 Å². The van der Waals surface area contributed by atoms with Gasteiger partial charge in [-0.2, -0.15) is 0 Å². The van der Waals surface area contributed by atoms with E-state index in [0.29, 0.717) is 13.1 Å². The zero-order valence-electron chi connectivity index (χ0n) is 19.8. The van der Waals surface area contributed by atoms with Crippen LogP contribution in [0, 0.1) is 11.8 Å². The summed E-state index contributed by atoms with van der Waals surface area (Å²) in [6, 6.07) is 9.45. The number of aromatic nitrogens is 4. The van der Waals surface area contributed by atoms with Gasteiger partial charge in [0.2, 0.25) is 11.8 Å². The first-order valence-electron chi connectivity index (χ1n) is 12.5. The van der Waals surface area contributed by atoms with Gasteiger partial charge in [-0.25, -0.2) is 4.68 Å². The SMILES string of the molecule is CC[C@@H](C)C(=O)N[C@H](C(=O)N1CCC[C@H]1c1nnnn1Cc1ccccc1)C1CCCCC1. The third-order valence-electron chi connectivity index (χ3n) is 7.31. The monoisotopic (exact) mass is 452 g/mol. The van der Waals surface area contributed by atoms with E-state index in [2.05, 4.69) is 20.8 Å². The highest BCUT2D eigenvalue weighted by atomic mass is 16.2. The molecule has 2 aliphatic rings. The fourth-order valence-corrected chi connectivity index (χ4v) is 5.13. The summed E-state index contributed by atoms with van der Waals surface area (Å²) in [7, 11) is 0. The van der Waals surface area contributed by atoms with Gasteiger partial charge in [-0.3, -0.25) is 9.59 Å². The number of nitrogens with zero attached hydrogens (tertiary/aromatic N) is 5. The lowest BCUT2D eigenvalue weighted by atomic mass is 9.83. The first kappa shape index (κ1) is 23.4. The van der Waals surface area contributed by atoms with Crippen molar-refractivity contribution in [3.8, 4) is 0 Å². The maximum Gasteiger partial charge on any atom is 0.246 e. The second-order valence-electron chi connectivity index (χ2n) is 9.56. The van der Waals surface area contributed by atoms with Crippen LogP contribution < -0.4 is 5.32 Å². The largest absolute Gasteiger partial charge is 0.344 e. The third-order valence-corrected chi connectivity index (χ3v) is 7.31. The molecule has 2 amide bonds. The van der Waals surface area contributed by atoms with Crippen LogP contribution in [0.15, 0.2) is 30.3 Å². The summed E-state index contributed by atoms with van der Waals surface area (Å²) in [5.41, 5.74) is 1.11. The van der Waals surface area contributed by atoms with E-state index in [0.717, 1.165) is 56.3 Å². The molecule has 0 radical (unpaired) electrons. The van der Waals surface area contributed by atoms with Crippen molar-refractivity contribution in [2.45, 2.75) is 83.8 Å². The molecule has 0 bridgehead atoms. The number of carbonyl (C=O) groups excluding carboxylic acids is 2. The maximum absolute atomic E-state index is 13.9. The number of likely N-dealkylation sites (tertiary alicyclic amines) is 1. The first-order chi connectivity index (χ1) is 16.1. The van der Waals surface area contributed by atoms with Gasteiger partial charge in [-0.1, -0.05) is 63.4 Å². The average Bonchev–Trinajstić information content (AvgIpc) is 3.52. The normalized spacial score (nSPS) is 21.0. The van der Waals surface area contributed by atoms with Gasteiger partial charge in [0.25, 0.3) is 0 Å². The summed E-state index contributed by atoms with van der Waals surface area (Å²) >= 11 is 0. The Labute approximate surface area is 196 Å². The zero-order valence-corrected chi connectivity index (χ0v) is 19.8. The Kier molecular flexibility index (Phi) is 7.73. The number of hydrogen-bond acceptors (Lipinski definition) is 5. The Morgan fingerprint density at radius 1 is 1.09 bits per heavy atom. The van der Waals surface area contributed by atoms with Crippen molar-refractivity contribution >= 4 is 11.8 Å². The van der Waals surface area contributed by atoms with E-state index in [1.807, 2.05) is 49.1 Å². The maximum atomic E-state index is 13.9. The minimum atomic E-state index is -0.467. The quantitative estimate of drug-likeness (QED) is 0.662. The van der Waals surface area contributed by atoms with Crippen LogP contribution in [0.2, 0.25) is 0 Å². The smallest absolute Gasteiger partial charge is 0.246 e. The van der Waals surface area contributed by atoms with Crippen molar-refractivity contribution in [2.75, 3.05) is 6.54 Å². The van der Waals surface area contributed by atoms with Crippen molar-refractivity contribution in [3.05, 3.63) is 41.7 Å². The van der Waals surface area contributed by atoms with E-state index in [9.17, 15) is 9.59 Å². The minimum absolute atomic E-state index is 0.0221. The van der Waals surface area contributed by atoms with Gasteiger partial charge in [0.05, 0.1) is 12.6 Å². The number of tetrazole rings is 1. The van der Waals surface area contributed by atoms with Crippen LogP contribution in [0.4, 0.5) is 0 Å². The van der Waals surface area contributed by atoms with Gasteiger partial charge in [-0.15, -0.1) is 5.10 Å². The molecule has 33 heavy (non-hydrogen) atoms. The van der Waals surface area contributed by atoms with Crippen LogP contribution in [0.25, 0.3) is 0 Å². The summed E-state index contributed by atoms with van der Waals surface area (Å²) in [6.45, 7) is 5.17. The lowest BCUT2D eigenvalue weighted by Gasteiger charge is -2.35. The Morgan fingerprint density at radius 2 is 1.85 bits per heavy atom. The summed E-state index contributed by atoms with van der Waals surface area (Å²) in [4.78, 5) is 28.6. The molecular formula is C25H36N6O2. The molecular weight excluding hydrogens is 416 g/mol. The van der Waals surface area contributed by atoms with E-state index >= 15 is 0 Å². The second kappa shape index (κ2) is 10.9. The molecule has 2 aromatic rings. The zero-order chi connectivity index (χ0) is 23.2. The molecule has 8 nitrogen and oxygen atoms in total. The Bertz CT molecular complexity index is 924. The van der Waals surface area contributed by atoms with Crippen molar-refractivity contribution in [1.82, 2.24) is 30.4 Å². The van der Waals surface area contributed by atoms with Crippen molar-refractivity contribution < 1.29 is 9.59 Å². The van der Waals surface area contributed by atoms with E-state index in [1.54, 1.807) is 4.68 Å². The number of rotatable bonds is 8. The molecule has 1 aromatic carbocycles. The molecule has 0 unspecified atom stereocenters. The first-order valence-corrected chi connectivity index (χ1v) is 12.5. The molecule has 4 rings (SSSR count). The number of nitrogens with one attached hydrogen (secondary N) is 1. The van der Waals surface area contributed by atoms with Gasteiger partial charge < -0.3 is 10.2 Å². The number of hydrogen-bond donors (Lipinski definition) is 1. The van der Waals surface area contributed by atoms with Gasteiger partial charge in [0.15, 0.2) is 5.82 Å². The fourth-order valence-electron chi connectivity index (χ4n) is 5.13. The third kappa shape index (κ3) is 5.42. The molecule has 1 aliphatic carbocycles. The van der Waals surface area contributed by atoms with Gasteiger partial charge in [0, 0.05) is 12.5 Å². The van der Waals surface area contributed by atoms with Crippen LogP contribution in [-0.4, -0.2) is 49.5 Å². The molecule has 8 heteroatoms. The molecule has 1 saturated carbocycles. The second-order valence-corrected chi connectivity index (χ2v) is 9.56. The summed E-state index contributed by atoms with van der Waals surface area (Å²) in [5, 5.41) is 15.6. The minimum Gasteiger partial charge on any atom is -0.344 e. The van der Waals surface area contributed by atoms with Crippen LogP contribution in [-0.2, 0) is 16.1 Å². The fraction of sp³-hybridized carbons (Fsp3) is 0.640. The molecule has 1 aromatic heterocycles. The topological polar surface area (TPSA) is 93.0 Å². The predicted octanol–water partition coefficient (Wildman–Crippen LogP) is 3.50. The van der Waals surface area contributed by atoms with Gasteiger partial charge in [-0.05, 0) is 54.0 Å². The highest BCUT2D eigenvalue weighted by Gasteiger charge is 2.40. The highest BCUT2D eigenvalue weighted by molar-refractivity contribution is 5.89. The van der Waals surface area contributed by atoms with Crippen LogP contribution >= 0.6 is 0 Å². The lowest BCUT2D eigenvalue weighted by Crippen LogP contribution is -2.53. The molecule has 2 fully saturated rings. The number of benzene rings is 1. The number of carbonyl (C=O) groups is 2. The molecule has 178 valence electrons. The average molecular weight is 453 g/mol. The molecule has 1 aliphatic heterocycles. The summed E-state index contributed by atoms with van der Waals surface area (Å²) < 4.78 is 1.80. The Hall–Kier alpha value is -2.77. The molecule has 1 saturated heterocycles. The Balaban J connectivity index is 1.55. The standard InChI is InChI=1S/C25H36N6O2/c1-3-18(2)24(32)26-22(20-13-8-5-9-14-20)25(33)30-16-10-15-21(30)23-27-28-29-31(23)17-19-11-6-4-7-12-19/h4,6-7,11-12,18,20-22H,3,5,8-10,13-17H2,1-2H3,(H,26,32)/t18-,21+,22+/m1/s1. The van der Waals surface area contributed by atoms with E-state index < -0.39 is 6.04 Å². The summed E-state index contributed by atoms with van der Waals surface area (Å²) in [5.74, 6) is 0.819. The lowest BCUT2D eigenvalue weighted by molar-refractivity contribution is -0.140. The molecule has 1 N–H and O–H groups in total. The van der Waals surface area contributed by atoms with Crippen LogP contribution in [0.3, 0.4) is 0 Å².